The molecule has 0 aromatic heterocycles. The third-order valence-corrected chi connectivity index (χ3v) is 9.23. The first kappa shape index (κ1) is 23.0. The van der Waals surface area contributed by atoms with Gasteiger partial charge in [0, 0.05) is 0 Å². The third kappa shape index (κ3) is 3.18. The molecule has 1 aliphatic heterocycles. The minimum atomic E-state index is -0.447. The Morgan fingerprint density at radius 2 is 0.897 bits per heavy atom. The van der Waals surface area contributed by atoms with Crippen LogP contribution in [-0.4, -0.2) is 18.3 Å². The van der Waals surface area contributed by atoms with Crippen LogP contribution in [0.5, 0.6) is 0 Å². The Balaban J connectivity index is 1.64. The van der Waals surface area contributed by atoms with E-state index in [0.29, 0.717) is 0 Å². The fraction of sp³-hybridized carbons (Fsp3) is 0.167. The summed E-state index contributed by atoms with van der Waals surface area (Å²) in [4.78, 5) is 0. The van der Waals surface area contributed by atoms with Crippen LogP contribution >= 0.6 is 0 Å². The molecule has 0 amide bonds. The molecule has 1 fully saturated rings. The maximum Gasteiger partial charge on any atom is 0.495 e. The van der Waals surface area contributed by atoms with E-state index in [2.05, 4.69) is 131 Å². The second-order valence-electron chi connectivity index (χ2n) is 12.0. The van der Waals surface area contributed by atoms with Crippen molar-refractivity contribution < 1.29 is 9.31 Å². The summed E-state index contributed by atoms with van der Waals surface area (Å²) in [5, 5.41) is 15.1. The van der Waals surface area contributed by atoms with E-state index < -0.39 is 18.3 Å². The molecule has 0 radical (unpaired) electrons. The summed E-state index contributed by atoms with van der Waals surface area (Å²) in [6.45, 7) is 8.50. The third-order valence-electron chi connectivity index (χ3n) is 9.23. The van der Waals surface area contributed by atoms with Gasteiger partial charge in [0.05, 0.1) is 11.2 Å². The highest BCUT2D eigenvalue weighted by atomic mass is 16.7. The first-order valence-corrected chi connectivity index (χ1v) is 13.8. The molecule has 39 heavy (non-hydrogen) atoms. The van der Waals surface area contributed by atoms with E-state index >= 15 is 0 Å². The Bertz CT molecular complexity index is 2120. The van der Waals surface area contributed by atoms with Gasteiger partial charge in [-0.3, -0.25) is 0 Å². The Hall–Kier alpha value is -3.92. The molecule has 188 valence electrons. The fourth-order valence-electron chi connectivity index (χ4n) is 6.51. The van der Waals surface area contributed by atoms with Crippen LogP contribution in [0, 0.1) is 0 Å². The monoisotopic (exact) mass is 504 g/mol. The van der Waals surface area contributed by atoms with Crippen LogP contribution in [-0.2, 0) is 9.31 Å². The van der Waals surface area contributed by atoms with Crippen LogP contribution in [0.4, 0.5) is 0 Å². The molecule has 0 spiro atoms. The van der Waals surface area contributed by atoms with Gasteiger partial charge < -0.3 is 9.31 Å². The van der Waals surface area contributed by atoms with Gasteiger partial charge in [-0.05, 0) is 97.8 Å². The van der Waals surface area contributed by atoms with E-state index in [1.807, 2.05) is 0 Å². The van der Waals surface area contributed by atoms with Gasteiger partial charge >= 0.3 is 7.12 Å². The highest BCUT2D eigenvalue weighted by Crippen LogP contribution is 2.43. The summed E-state index contributed by atoms with van der Waals surface area (Å²) in [5.74, 6) is 0. The van der Waals surface area contributed by atoms with Crippen molar-refractivity contribution in [3.63, 3.8) is 0 Å². The minimum absolute atomic E-state index is 0.415. The molecule has 1 heterocycles. The quantitative estimate of drug-likeness (QED) is 0.164. The number of benzene rings is 7. The van der Waals surface area contributed by atoms with Gasteiger partial charge in [-0.25, -0.2) is 0 Å². The van der Waals surface area contributed by atoms with Crippen LogP contribution in [0.2, 0.25) is 0 Å². The molecule has 0 saturated carbocycles. The molecule has 7 aromatic carbocycles. The van der Waals surface area contributed by atoms with Crippen molar-refractivity contribution in [1.82, 2.24) is 0 Å². The van der Waals surface area contributed by atoms with E-state index in [1.165, 1.54) is 64.6 Å². The van der Waals surface area contributed by atoms with E-state index in [9.17, 15) is 0 Å². The topological polar surface area (TPSA) is 18.5 Å². The van der Waals surface area contributed by atoms with Gasteiger partial charge in [-0.1, -0.05) is 103 Å². The summed E-state index contributed by atoms with van der Waals surface area (Å²) in [6.07, 6.45) is 0. The molecular weight excluding hydrogens is 475 g/mol. The van der Waals surface area contributed by atoms with Crippen LogP contribution in [0.25, 0.3) is 64.6 Å². The molecule has 1 aliphatic rings. The standard InChI is InChI=1S/C36H29BO2/c1-35(2)36(3,4)39-37(38-35)30-21-26-18-17-24-15-13-22-9-5-7-11-27(22)31(24)33(26)34-29(30)20-19-25-16-14-23-10-6-8-12-28(23)32(25)34/h5-21H,1-4H3. The normalized spacial score (nSPS) is 16.9. The average Bonchev–Trinajstić information content (AvgIpc) is 3.17. The predicted octanol–water partition coefficient (Wildman–Crippen LogP) is 8.91. The lowest BCUT2D eigenvalue weighted by atomic mass is 9.73. The van der Waals surface area contributed by atoms with Gasteiger partial charge in [-0.15, -0.1) is 0 Å². The molecule has 0 bridgehead atoms. The molecular formula is C36H29BO2. The van der Waals surface area contributed by atoms with Gasteiger partial charge in [-0.2, -0.15) is 0 Å². The van der Waals surface area contributed by atoms with Crippen molar-refractivity contribution in [3.05, 3.63) is 103 Å². The van der Waals surface area contributed by atoms with E-state index in [-0.39, 0.29) is 0 Å². The van der Waals surface area contributed by atoms with Crippen molar-refractivity contribution in [3.8, 4) is 0 Å². The Morgan fingerprint density at radius 1 is 0.436 bits per heavy atom. The zero-order valence-electron chi connectivity index (χ0n) is 22.7. The van der Waals surface area contributed by atoms with Crippen molar-refractivity contribution in [1.29, 1.82) is 0 Å². The second-order valence-corrected chi connectivity index (χ2v) is 12.0. The maximum absolute atomic E-state index is 6.64. The number of fused-ring (bicyclic) bond motifs is 11. The smallest absolute Gasteiger partial charge is 0.399 e. The van der Waals surface area contributed by atoms with Gasteiger partial charge in [0.1, 0.15) is 0 Å². The zero-order chi connectivity index (χ0) is 26.5. The van der Waals surface area contributed by atoms with Gasteiger partial charge in [0.2, 0.25) is 0 Å². The Kier molecular flexibility index (Phi) is 4.61. The van der Waals surface area contributed by atoms with Crippen molar-refractivity contribution in [2.24, 2.45) is 0 Å². The lowest BCUT2D eigenvalue weighted by Crippen LogP contribution is -2.41. The highest BCUT2D eigenvalue weighted by Gasteiger charge is 2.52. The largest absolute Gasteiger partial charge is 0.495 e. The SMILES string of the molecule is CC1(C)OB(c2cc3ccc4ccc5ccccc5c4c3c3c2ccc2ccc4ccccc4c23)OC1(C)C. The van der Waals surface area contributed by atoms with E-state index in [4.69, 9.17) is 9.31 Å². The van der Waals surface area contributed by atoms with Crippen LogP contribution in [0.15, 0.2) is 103 Å². The Morgan fingerprint density at radius 3 is 1.49 bits per heavy atom. The summed E-state index contributed by atoms with van der Waals surface area (Å²) in [5.41, 5.74) is 0.259. The molecule has 0 aliphatic carbocycles. The molecule has 1 saturated heterocycles. The summed E-state index contributed by atoms with van der Waals surface area (Å²) in [6, 6.07) is 37.8. The van der Waals surface area contributed by atoms with Crippen LogP contribution in [0.1, 0.15) is 27.7 Å². The van der Waals surface area contributed by atoms with E-state index in [1.54, 1.807) is 0 Å². The van der Waals surface area contributed by atoms with Crippen LogP contribution < -0.4 is 5.46 Å². The molecule has 8 rings (SSSR count). The second kappa shape index (κ2) is 7.82. The number of hydrogen-bond donors (Lipinski definition) is 0. The van der Waals surface area contributed by atoms with Crippen molar-refractivity contribution >= 4 is 77.2 Å². The predicted molar refractivity (Wildman–Crippen MR) is 167 cm³/mol. The maximum atomic E-state index is 6.64. The lowest BCUT2D eigenvalue weighted by Gasteiger charge is -2.32. The molecule has 0 atom stereocenters. The van der Waals surface area contributed by atoms with Crippen LogP contribution in [0.3, 0.4) is 0 Å². The van der Waals surface area contributed by atoms with Crippen molar-refractivity contribution in [2.75, 3.05) is 0 Å². The van der Waals surface area contributed by atoms with E-state index in [0.717, 1.165) is 5.46 Å². The number of rotatable bonds is 1. The number of hydrogen-bond acceptors (Lipinski definition) is 2. The Labute approximate surface area is 228 Å². The lowest BCUT2D eigenvalue weighted by molar-refractivity contribution is 0.00578. The first-order valence-electron chi connectivity index (χ1n) is 13.8. The van der Waals surface area contributed by atoms with Gasteiger partial charge in [0.25, 0.3) is 0 Å². The molecule has 7 aromatic rings. The minimum Gasteiger partial charge on any atom is -0.399 e. The fourth-order valence-corrected chi connectivity index (χ4v) is 6.51. The summed E-state index contributed by atoms with van der Waals surface area (Å²) < 4.78 is 13.3. The van der Waals surface area contributed by atoms with Crippen molar-refractivity contribution in [2.45, 2.75) is 38.9 Å². The molecule has 0 unspecified atom stereocenters. The zero-order valence-corrected chi connectivity index (χ0v) is 22.7. The summed E-state index contributed by atoms with van der Waals surface area (Å²) in [7, 11) is -0.447. The highest BCUT2D eigenvalue weighted by molar-refractivity contribution is 6.66. The van der Waals surface area contributed by atoms with Gasteiger partial charge in [0.15, 0.2) is 0 Å². The summed E-state index contributed by atoms with van der Waals surface area (Å²) >= 11 is 0. The molecule has 0 N–H and O–H groups in total. The molecule has 2 nitrogen and oxygen atoms in total. The average molecular weight is 504 g/mol. The molecule has 3 heteroatoms. The first-order chi connectivity index (χ1) is 18.8.